The van der Waals surface area contributed by atoms with Crippen LogP contribution in [0.4, 0.5) is 0 Å². The van der Waals surface area contributed by atoms with Crippen LogP contribution in [0, 0.1) is 0 Å². The van der Waals surface area contributed by atoms with Crippen LogP contribution < -0.4 is 4.74 Å². The number of hydrogen-bond acceptors (Lipinski definition) is 1. The third-order valence-electron chi connectivity index (χ3n) is 13.6. The Labute approximate surface area is 366 Å². The van der Waals surface area contributed by atoms with E-state index in [-0.39, 0.29) is 12.0 Å². The molecule has 11 aromatic rings. The quantitative estimate of drug-likeness (QED) is 0.158. The topological polar surface area (TPSA) is 9.23 Å². The van der Waals surface area contributed by atoms with E-state index in [9.17, 15) is 0 Å². The summed E-state index contributed by atoms with van der Waals surface area (Å²) >= 11 is 0. The summed E-state index contributed by atoms with van der Waals surface area (Å²) in [6.07, 6.45) is 8.76. The molecule has 13 rings (SSSR count). The zero-order valence-electron chi connectivity index (χ0n) is 34.5. The van der Waals surface area contributed by atoms with Crippen molar-refractivity contribution in [2.75, 3.05) is 0 Å². The zero-order valence-corrected chi connectivity index (χ0v) is 34.5. The fourth-order valence-corrected chi connectivity index (χ4v) is 10.7. The summed E-state index contributed by atoms with van der Waals surface area (Å²) in [5.74, 6) is 1.20. The predicted molar refractivity (Wildman–Crippen MR) is 267 cm³/mol. The van der Waals surface area contributed by atoms with Crippen molar-refractivity contribution < 1.29 is 4.74 Å². The molecule has 1 nitrogen and oxygen atoms in total. The Hall–Kier alpha value is -8.00. The van der Waals surface area contributed by atoms with Gasteiger partial charge in [0.25, 0.3) is 0 Å². The van der Waals surface area contributed by atoms with Gasteiger partial charge in [0.05, 0.1) is 0 Å². The van der Waals surface area contributed by atoms with Crippen LogP contribution in [0.5, 0.6) is 5.75 Å². The molecule has 2 atom stereocenters. The molecule has 1 aliphatic carbocycles. The largest absolute Gasteiger partial charge is 0.484 e. The van der Waals surface area contributed by atoms with Gasteiger partial charge in [-0.15, -0.1) is 0 Å². The Kier molecular flexibility index (Phi) is 8.11. The summed E-state index contributed by atoms with van der Waals surface area (Å²) in [5.41, 5.74) is 13.5. The molecule has 0 amide bonds. The lowest BCUT2D eigenvalue weighted by Gasteiger charge is -2.20. The fourth-order valence-electron chi connectivity index (χ4n) is 10.7. The van der Waals surface area contributed by atoms with E-state index in [0.29, 0.717) is 0 Å². The lowest BCUT2D eigenvalue weighted by molar-refractivity contribution is 0.271. The molecule has 0 N–H and O–H groups in total. The van der Waals surface area contributed by atoms with Crippen molar-refractivity contribution in [2.45, 2.75) is 12.0 Å². The summed E-state index contributed by atoms with van der Waals surface area (Å²) in [7, 11) is 0. The van der Waals surface area contributed by atoms with Crippen molar-refractivity contribution in [2.24, 2.45) is 0 Å². The lowest BCUT2D eigenvalue weighted by atomic mass is 9.83. The second-order valence-corrected chi connectivity index (χ2v) is 17.0. The predicted octanol–water partition coefficient (Wildman–Crippen LogP) is 16.8. The third-order valence-corrected chi connectivity index (χ3v) is 13.6. The highest BCUT2D eigenvalue weighted by molar-refractivity contribution is 6.22. The molecule has 1 heteroatoms. The molecule has 2 aliphatic rings. The third kappa shape index (κ3) is 5.70. The van der Waals surface area contributed by atoms with Crippen molar-refractivity contribution in [3.05, 3.63) is 236 Å². The molecular weight excluding hydrogens is 761 g/mol. The molecular formula is C62H40O. The van der Waals surface area contributed by atoms with Gasteiger partial charge >= 0.3 is 0 Å². The van der Waals surface area contributed by atoms with Gasteiger partial charge in [-0.25, -0.2) is 0 Å². The van der Waals surface area contributed by atoms with Crippen LogP contribution in [0.2, 0.25) is 0 Å². The minimum atomic E-state index is 0.0182. The zero-order chi connectivity index (χ0) is 41.4. The molecule has 0 radical (unpaired) electrons. The van der Waals surface area contributed by atoms with Gasteiger partial charge in [-0.1, -0.05) is 212 Å². The highest BCUT2D eigenvalue weighted by atomic mass is 16.5. The number of benzene rings is 11. The smallest absolute Gasteiger partial charge is 0.132 e. The minimum Gasteiger partial charge on any atom is -0.484 e. The van der Waals surface area contributed by atoms with Gasteiger partial charge < -0.3 is 4.74 Å². The number of fused-ring (bicyclic) bond motifs is 9. The van der Waals surface area contributed by atoms with Crippen LogP contribution in [0.3, 0.4) is 0 Å². The van der Waals surface area contributed by atoms with E-state index in [2.05, 4.69) is 231 Å². The molecule has 11 aromatic carbocycles. The second-order valence-electron chi connectivity index (χ2n) is 17.0. The van der Waals surface area contributed by atoms with E-state index < -0.39 is 0 Å². The summed E-state index contributed by atoms with van der Waals surface area (Å²) in [5, 5.41) is 12.4. The molecule has 1 heterocycles. The van der Waals surface area contributed by atoms with Gasteiger partial charge in [0.1, 0.15) is 11.9 Å². The van der Waals surface area contributed by atoms with E-state index in [0.717, 1.165) is 11.1 Å². The van der Waals surface area contributed by atoms with E-state index in [1.165, 1.54) is 110 Å². The van der Waals surface area contributed by atoms with Crippen LogP contribution in [0.1, 0.15) is 11.5 Å². The van der Waals surface area contributed by atoms with E-state index in [4.69, 9.17) is 4.74 Å². The maximum absolute atomic E-state index is 6.66. The Morgan fingerprint density at radius 2 is 0.762 bits per heavy atom. The van der Waals surface area contributed by atoms with Crippen molar-refractivity contribution in [1.29, 1.82) is 0 Å². The highest BCUT2D eigenvalue weighted by Crippen LogP contribution is 2.50. The molecule has 0 bridgehead atoms. The number of ether oxygens (including phenoxy) is 1. The van der Waals surface area contributed by atoms with Gasteiger partial charge in [0.15, 0.2) is 0 Å². The fraction of sp³-hybridized carbons (Fsp3) is 0.0323. The van der Waals surface area contributed by atoms with Crippen LogP contribution >= 0.6 is 0 Å². The molecule has 2 unspecified atom stereocenters. The van der Waals surface area contributed by atoms with Gasteiger partial charge in [-0.05, 0) is 122 Å². The average molecular weight is 801 g/mol. The number of rotatable bonds is 5. The Bertz CT molecular complexity index is 3690. The van der Waals surface area contributed by atoms with Crippen LogP contribution in [0.25, 0.3) is 109 Å². The van der Waals surface area contributed by atoms with Gasteiger partial charge in [0, 0.05) is 16.9 Å². The SMILES string of the molecule is C1=CC2Oc3c(cc(-c4ccc5c(-c6ccc(-c7cccc8ccccc78)cc6)c6ccccc6c(-c6ccc(-c7cccc8ccccc78)cc6)c5c4)c4ccccc34)C2C=C1. The van der Waals surface area contributed by atoms with E-state index in [1.807, 2.05) is 0 Å². The summed E-state index contributed by atoms with van der Waals surface area (Å²) in [6.45, 7) is 0. The maximum atomic E-state index is 6.66. The molecule has 0 saturated carbocycles. The molecule has 0 fully saturated rings. The highest BCUT2D eigenvalue weighted by Gasteiger charge is 2.34. The summed E-state index contributed by atoms with van der Waals surface area (Å²) in [6, 6.07) is 76.4. The molecule has 294 valence electrons. The molecule has 0 aromatic heterocycles. The molecule has 63 heavy (non-hydrogen) atoms. The van der Waals surface area contributed by atoms with Crippen molar-refractivity contribution in [3.8, 4) is 61.4 Å². The standard InChI is InChI=1S/C62H40O/c1-3-17-46-39(13-1)15-11-24-48(46)41-27-31-43(32-28-41)60-52-21-6-7-22-53(52)61(44-33-29-42(30-34-44)49-25-12-16-40-14-2-4-18-47(40)49)57-37-45(35-36-54(57)60)56-38-58-51-20-9-10-26-59(51)63-62(58)55-23-8-5-19-50(55)56/h1-38,51,59H. The Morgan fingerprint density at radius 3 is 1.38 bits per heavy atom. The van der Waals surface area contributed by atoms with Crippen molar-refractivity contribution in [3.63, 3.8) is 0 Å². The van der Waals surface area contributed by atoms with Crippen molar-refractivity contribution in [1.82, 2.24) is 0 Å². The first kappa shape index (κ1) is 35.7. The van der Waals surface area contributed by atoms with Gasteiger partial charge in [-0.3, -0.25) is 0 Å². The van der Waals surface area contributed by atoms with Crippen LogP contribution in [-0.4, -0.2) is 6.10 Å². The Balaban J connectivity index is 1.04. The van der Waals surface area contributed by atoms with E-state index in [1.54, 1.807) is 0 Å². The van der Waals surface area contributed by atoms with Crippen molar-refractivity contribution >= 4 is 53.9 Å². The lowest BCUT2D eigenvalue weighted by Crippen LogP contribution is -2.15. The number of allylic oxidation sites excluding steroid dienone is 2. The average Bonchev–Trinajstić information content (AvgIpc) is 3.74. The first-order valence-electron chi connectivity index (χ1n) is 22.0. The first-order valence-corrected chi connectivity index (χ1v) is 22.0. The number of hydrogen-bond donors (Lipinski definition) is 0. The monoisotopic (exact) mass is 800 g/mol. The minimum absolute atomic E-state index is 0.0182. The Morgan fingerprint density at radius 1 is 0.302 bits per heavy atom. The summed E-state index contributed by atoms with van der Waals surface area (Å²) in [4.78, 5) is 0. The first-order chi connectivity index (χ1) is 31.2. The van der Waals surface area contributed by atoms with E-state index >= 15 is 0 Å². The van der Waals surface area contributed by atoms with Gasteiger partial charge in [-0.2, -0.15) is 0 Å². The van der Waals surface area contributed by atoms with Gasteiger partial charge in [0.2, 0.25) is 0 Å². The molecule has 0 spiro atoms. The second kappa shape index (κ2) is 14.3. The normalized spacial score (nSPS) is 15.3. The van der Waals surface area contributed by atoms with Crippen LogP contribution in [-0.2, 0) is 0 Å². The molecule has 0 saturated heterocycles. The molecule has 1 aliphatic heterocycles. The summed E-state index contributed by atoms with van der Waals surface area (Å²) < 4.78 is 6.66. The maximum Gasteiger partial charge on any atom is 0.132 e. The van der Waals surface area contributed by atoms with Crippen LogP contribution in [0.15, 0.2) is 231 Å².